The van der Waals surface area contributed by atoms with Crippen molar-refractivity contribution in [3.05, 3.63) is 35.4 Å². The van der Waals surface area contributed by atoms with Crippen molar-refractivity contribution in [3.8, 4) is 0 Å². The van der Waals surface area contributed by atoms with Crippen LogP contribution < -0.4 is 0 Å². The van der Waals surface area contributed by atoms with Crippen LogP contribution in [-0.4, -0.2) is 30.9 Å². The molecule has 4 bridgehead atoms. The zero-order valence-electron chi connectivity index (χ0n) is 15.9. The van der Waals surface area contributed by atoms with Gasteiger partial charge in [0.1, 0.15) is 0 Å². The van der Waals surface area contributed by atoms with E-state index in [1.165, 1.54) is 50.6 Å². The number of rotatable bonds is 5. The summed E-state index contributed by atoms with van der Waals surface area (Å²) < 4.78 is 10.2. The van der Waals surface area contributed by atoms with Gasteiger partial charge in [-0.3, -0.25) is 4.79 Å². The first-order valence-electron chi connectivity index (χ1n) is 9.84. The van der Waals surface area contributed by atoms with Crippen LogP contribution >= 0.6 is 0 Å². The maximum absolute atomic E-state index is 13.2. The molecule has 0 aliphatic heterocycles. The maximum Gasteiger partial charge on any atom is 0.338 e. The van der Waals surface area contributed by atoms with Crippen LogP contribution in [0.4, 0.5) is 0 Å². The molecule has 1 atom stereocenters. The van der Waals surface area contributed by atoms with Crippen LogP contribution in [0.5, 0.6) is 0 Å². The molecular formula is C22H26O5. The minimum atomic E-state index is -0.742. The minimum absolute atomic E-state index is 0.0983. The Morgan fingerprint density at radius 2 is 1.33 bits per heavy atom. The quantitative estimate of drug-likeness (QED) is 0.737. The van der Waals surface area contributed by atoms with Gasteiger partial charge in [-0.2, -0.15) is 0 Å². The number of benzene rings is 1. The fraction of sp³-hybridized carbons (Fsp3) is 0.591. The Balaban J connectivity index is 1.42. The van der Waals surface area contributed by atoms with Gasteiger partial charge in [0.2, 0.25) is 0 Å². The van der Waals surface area contributed by atoms with Crippen LogP contribution in [0, 0.1) is 23.2 Å². The first-order valence-corrected chi connectivity index (χ1v) is 9.84. The summed E-state index contributed by atoms with van der Waals surface area (Å²) in [7, 11) is 1.31. The third kappa shape index (κ3) is 3.28. The monoisotopic (exact) mass is 370 g/mol. The zero-order chi connectivity index (χ0) is 19.2. The van der Waals surface area contributed by atoms with E-state index in [2.05, 4.69) is 4.74 Å². The van der Waals surface area contributed by atoms with E-state index in [0.29, 0.717) is 28.9 Å². The van der Waals surface area contributed by atoms with Gasteiger partial charge in [-0.05, 0) is 87.5 Å². The fourth-order valence-corrected chi connectivity index (χ4v) is 5.99. The van der Waals surface area contributed by atoms with Crippen molar-refractivity contribution < 1.29 is 23.9 Å². The number of hydrogen-bond donors (Lipinski definition) is 0. The van der Waals surface area contributed by atoms with Gasteiger partial charge >= 0.3 is 11.9 Å². The van der Waals surface area contributed by atoms with Crippen LogP contribution in [0.15, 0.2) is 24.3 Å². The lowest BCUT2D eigenvalue weighted by Gasteiger charge is -2.56. The Labute approximate surface area is 159 Å². The van der Waals surface area contributed by atoms with Crippen LogP contribution in [0.3, 0.4) is 0 Å². The number of esters is 2. The predicted molar refractivity (Wildman–Crippen MR) is 98.3 cm³/mol. The van der Waals surface area contributed by atoms with Crippen LogP contribution in [0.2, 0.25) is 0 Å². The van der Waals surface area contributed by atoms with E-state index >= 15 is 0 Å². The van der Waals surface area contributed by atoms with Crippen LogP contribution in [0.1, 0.15) is 66.2 Å². The van der Waals surface area contributed by atoms with Gasteiger partial charge in [0, 0.05) is 5.41 Å². The van der Waals surface area contributed by atoms with E-state index in [9.17, 15) is 14.4 Å². The highest BCUT2D eigenvalue weighted by Gasteiger charge is 2.55. The van der Waals surface area contributed by atoms with Crippen LogP contribution in [0.25, 0.3) is 0 Å². The molecule has 0 amide bonds. The van der Waals surface area contributed by atoms with E-state index in [-0.39, 0.29) is 11.2 Å². The Morgan fingerprint density at radius 3 is 1.78 bits per heavy atom. The molecular weight excluding hydrogens is 344 g/mol. The molecule has 0 spiro atoms. The van der Waals surface area contributed by atoms with Crippen molar-refractivity contribution in [1.82, 2.24) is 0 Å². The topological polar surface area (TPSA) is 69.7 Å². The Bertz CT molecular complexity index is 728. The highest BCUT2D eigenvalue weighted by atomic mass is 16.5. The molecule has 0 saturated heterocycles. The van der Waals surface area contributed by atoms with Crippen molar-refractivity contribution in [3.63, 3.8) is 0 Å². The number of ether oxygens (including phenoxy) is 2. The van der Waals surface area contributed by atoms with Crippen molar-refractivity contribution in [2.45, 2.75) is 51.6 Å². The predicted octanol–water partition coefficient (Wildman–Crippen LogP) is 3.80. The Morgan fingerprint density at radius 1 is 0.889 bits per heavy atom. The summed E-state index contributed by atoms with van der Waals surface area (Å²) >= 11 is 0. The third-order valence-corrected chi connectivity index (χ3v) is 6.76. The molecule has 4 fully saturated rings. The lowest BCUT2D eigenvalue weighted by Crippen LogP contribution is -2.52. The van der Waals surface area contributed by atoms with Gasteiger partial charge in [0.05, 0.1) is 18.2 Å². The molecule has 27 heavy (non-hydrogen) atoms. The third-order valence-electron chi connectivity index (χ3n) is 6.76. The normalized spacial score (nSPS) is 32.0. The van der Waals surface area contributed by atoms with E-state index < -0.39 is 18.0 Å². The number of Topliss-reactive ketones (excluding diaryl/α,β-unsaturated/α-hetero) is 1. The molecule has 4 aliphatic rings. The van der Waals surface area contributed by atoms with E-state index in [0.717, 1.165) is 19.3 Å². The summed E-state index contributed by atoms with van der Waals surface area (Å²) in [5, 5.41) is 0. The summed E-state index contributed by atoms with van der Waals surface area (Å²) in [6.07, 6.45) is 5.97. The maximum atomic E-state index is 13.2. The SMILES string of the molecule is COC(=O)c1ccc(C(=O)O[C@H](C)C(=O)C23CC4CC(CC(C4)C2)C3)cc1. The molecule has 4 aliphatic carbocycles. The average molecular weight is 370 g/mol. The number of methoxy groups -OCH3 is 1. The lowest BCUT2D eigenvalue weighted by molar-refractivity contribution is -0.152. The fourth-order valence-electron chi connectivity index (χ4n) is 5.99. The number of carbonyl (C=O) groups is 3. The standard InChI is InChI=1S/C22H26O5/c1-13(27-21(25)18-5-3-17(4-6-18)20(24)26-2)19(23)22-10-14-7-15(11-22)9-16(8-14)12-22/h3-6,13-16H,7-12H2,1-2H3/t13-,14?,15?,16?,22?/m1/s1. The van der Waals surface area contributed by atoms with Crippen molar-refractivity contribution in [2.24, 2.45) is 23.2 Å². The van der Waals surface area contributed by atoms with E-state index in [4.69, 9.17) is 4.74 Å². The Kier molecular flexibility index (Phi) is 4.57. The molecule has 5 heteroatoms. The first kappa shape index (κ1) is 18.2. The van der Waals surface area contributed by atoms with Gasteiger partial charge in [0.15, 0.2) is 11.9 Å². The lowest BCUT2D eigenvalue weighted by atomic mass is 9.48. The van der Waals surface area contributed by atoms with Gasteiger partial charge in [-0.15, -0.1) is 0 Å². The van der Waals surface area contributed by atoms with Crippen molar-refractivity contribution in [2.75, 3.05) is 7.11 Å². The minimum Gasteiger partial charge on any atom is -0.465 e. The smallest absolute Gasteiger partial charge is 0.338 e. The summed E-state index contributed by atoms with van der Waals surface area (Å²) in [5.41, 5.74) is 0.419. The molecule has 0 N–H and O–H groups in total. The van der Waals surface area contributed by atoms with Crippen molar-refractivity contribution >= 4 is 17.7 Å². The molecule has 0 radical (unpaired) electrons. The summed E-state index contributed by atoms with van der Waals surface area (Å²) in [6.45, 7) is 1.70. The number of ketones is 1. The molecule has 1 aromatic carbocycles. The summed E-state index contributed by atoms with van der Waals surface area (Å²) in [4.78, 5) is 37.1. The molecule has 0 unspecified atom stereocenters. The second-order valence-electron chi connectivity index (χ2n) is 8.68. The second-order valence-corrected chi connectivity index (χ2v) is 8.68. The first-order chi connectivity index (χ1) is 12.9. The van der Waals surface area contributed by atoms with Gasteiger partial charge in [-0.1, -0.05) is 0 Å². The van der Waals surface area contributed by atoms with Gasteiger partial charge < -0.3 is 9.47 Å². The molecule has 144 valence electrons. The molecule has 5 nitrogen and oxygen atoms in total. The average Bonchev–Trinajstić information content (AvgIpc) is 2.65. The zero-order valence-corrected chi connectivity index (χ0v) is 15.9. The second kappa shape index (κ2) is 6.77. The molecule has 5 rings (SSSR count). The largest absolute Gasteiger partial charge is 0.465 e. The molecule has 1 aromatic rings. The number of hydrogen-bond acceptors (Lipinski definition) is 5. The highest BCUT2D eigenvalue weighted by molar-refractivity contribution is 5.96. The van der Waals surface area contributed by atoms with Crippen molar-refractivity contribution in [1.29, 1.82) is 0 Å². The van der Waals surface area contributed by atoms with E-state index in [1.54, 1.807) is 6.92 Å². The summed E-state index contributed by atoms with van der Waals surface area (Å²) in [5.74, 6) is 1.13. The summed E-state index contributed by atoms with van der Waals surface area (Å²) in [6, 6.07) is 6.09. The van der Waals surface area contributed by atoms with Crippen LogP contribution in [-0.2, 0) is 14.3 Å². The van der Waals surface area contributed by atoms with E-state index in [1.807, 2.05) is 0 Å². The molecule has 4 saturated carbocycles. The highest BCUT2D eigenvalue weighted by Crippen LogP contribution is 2.60. The molecule has 0 heterocycles. The van der Waals surface area contributed by atoms with Gasteiger partial charge in [-0.25, -0.2) is 9.59 Å². The number of carbonyl (C=O) groups excluding carboxylic acids is 3. The Hall–Kier alpha value is -2.17. The van der Waals surface area contributed by atoms with Gasteiger partial charge in [0.25, 0.3) is 0 Å². The molecule has 0 aromatic heterocycles.